The molecule has 100 valence electrons. The Hall–Kier alpha value is -1.89. The molecule has 0 bridgehead atoms. The van der Waals surface area contributed by atoms with E-state index < -0.39 is 0 Å². The van der Waals surface area contributed by atoms with Gasteiger partial charge in [-0.1, -0.05) is 6.92 Å². The summed E-state index contributed by atoms with van der Waals surface area (Å²) in [5.74, 6) is -0.295. The number of aromatic nitrogens is 3. The van der Waals surface area contributed by atoms with Gasteiger partial charge in [0.1, 0.15) is 10.3 Å². The number of amides is 1. The van der Waals surface area contributed by atoms with Gasteiger partial charge in [-0.15, -0.1) is 0 Å². The molecule has 0 fully saturated rings. The molecule has 0 aliphatic rings. The van der Waals surface area contributed by atoms with Gasteiger partial charge in [0.25, 0.3) is 5.91 Å². The SMILES string of the molecule is CCc1nn(C)c(C(=O)Nc2ccc(Br)nc2)c1N. The quantitative estimate of drug-likeness (QED) is 0.845. The van der Waals surface area contributed by atoms with Crippen LogP contribution < -0.4 is 11.1 Å². The molecule has 19 heavy (non-hydrogen) atoms. The van der Waals surface area contributed by atoms with Crippen molar-refractivity contribution < 1.29 is 4.79 Å². The summed E-state index contributed by atoms with van der Waals surface area (Å²) < 4.78 is 2.20. The fraction of sp³-hybridized carbons (Fsp3) is 0.250. The Morgan fingerprint density at radius 2 is 2.26 bits per heavy atom. The molecule has 0 atom stereocenters. The molecule has 0 unspecified atom stereocenters. The molecule has 7 heteroatoms. The maximum atomic E-state index is 12.2. The molecule has 6 nitrogen and oxygen atoms in total. The predicted octanol–water partition coefficient (Wildman–Crippen LogP) is 1.97. The van der Waals surface area contributed by atoms with Crippen molar-refractivity contribution in [3.63, 3.8) is 0 Å². The molecule has 0 aliphatic carbocycles. The van der Waals surface area contributed by atoms with E-state index >= 15 is 0 Å². The first kappa shape index (κ1) is 13.5. The van der Waals surface area contributed by atoms with Gasteiger partial charge >= 0.3 is 0 Å². The molecule has 2 aromatic rings. The minimum absolute atomic E-state index is 0.295. The Balaban J connectivity index is 2.25. The second-order valence-electron chi connectivity index (χ2n) is 4.01. The second kappa shape index (κ2) is 5.40. The third-order valence-corrected chi connectivity index (χ3v) is 3.16. The van der Waals surface area contributed by atoms with Crippen LogP contribution in [0.1, 0.15) is 23.1 Å². The van der Waals surface area contributed by atoms with Crippen LogP contribution in [-0.2, 0) is 13.5 Å². The summed E-state index contributed by atoms with van der Waals surface area (Å²) in [5.41, 5.74) is 8.04. The van der Waals surface area contributed by atoms with Crippen LogP contribution in [0.5, 0.6) is 0 Å². The van der Waals surface area contributed by atoms with Crippen LogP contribution in [0.3, 0.4) is 0 Å². The zero-order chi connectivity index (χ0) is 14.0. The van der Waals surface area contributed by atoms with E-state index in [9.17, 15) is 4.79 Å². The van der Waals surface area contributed by atoms with Gasteiger partial charge in [-0.05, 0) is 34.5 Å². The lowest BCUT2D eigenvalue weighted by atomic mass is 10.2. The lowest BCUT2D eigenvalue weighted by Gasteiger charge is -2.06. The molecule has 0 saturated carbocycles. The number of nitrogen functional groups attached to an aromatic ring is 1. The normalized spacial score (nSPS) is 10.5. The summed E-state index contributed by atoms with van der Waals surface area (Å²) in [6.45, 7) is 1.94. The molecule has 0 aliphatic heterocycles. The van der Waals surface area contributed by atoms with Crippen molar-refractivity contribution in [2.75, 3.05) is 11.1 Å². The van der Waals surface area contributed by atoms with Gasteiger partial charge in [-0.2, -0.15) is 5.10 Å². The smallest absolute Gasteiger partial charge is 0.276 e. The number of pyridine rings is 1. The number of hydrogen-bond acceptors (Lipinski definition) is 4. The molecule has 2 heterocycles. The lowest BCUT2D eigenvalue weighted by molar-refractivity contribution is 0.101. The summed E-state index contributed by atoms with van der Waals surface area (Å²) in [7, 11) is 1.70. The Kier molecular flexibility index (Phi) is 3.84. The van der Waals surface area contributed by atoms with Crippen molar-refractivity contribution in [3.05, 3.63) is 34.3 Å². The van der Waals surface area contributed by atoms with Crippen molar-refractivity contribution >= 4 is 33.2 Å². The number of nitrogens with zero attached hydrogens (tertiary/aromatic N) is 3. The molecule has 2 rings (SSSR count). The van der Waals surface area contributed by atoms with E-state index in [0.717, 1.165) is 5.69 Å². The van der Waals surface area contributed by atoms with Gasteiger partial charge in [-0.25, -0.2) is 4.98 Å². The Bertz CT molecular complexity index is 605. The van der Waals surface area contributed by atoms with E-state index in [1.54, 1.807) is 25.4 Å². The van der Waals surface area contributed by atoms with E-state index in [1.807, 2.05) is 6.92 Å². The number of carbonyl (C=O) groups is 1. The average molecular weight is 324 g/mol. The third-order valence-electron chi connectivity index (χ3n) is 2.70. The third kappa shape index (κ3) is 2.76. The number of halogens is 1. The monoisotopic (exact) mass is 323 g/mol. The lowest BCUT2D eigenvalue weighted by Crippen LogP contribution is -2.17. The maximum Gasteiger partial charge on any atom is 0.276 e. The number of aryl methyl sites for hydroxylation is 2. The first-order chi connectivity index (χ1) is 9.02. The Morgan fingerprint density at radius 1 is 1.53 bits per heavy atom. The molecule has 0 radical (unpaired) electrons. The number of anilines is 2. The van der Waals surface area contributed by atoms with Crippen LogP contribution in [0.2, 0.25) is 0 Å². The number of carbonyl (C=O) groups excluding carboxylic acids is 1. The molecule has 3 N–H and O–H groups in total. The highest BCUT2D eigenvalue weighted by Gasteiger charge is 2.19. The predicted molar refractivity (Wildman–Crippen MR) is 76.9 cm³/mol. The largest absolute Gasteiger partial charge is 0.395 e. The zero-order valence-electron chi connectivity index (χ0n) is 10.6. The number of hydrogen-bond donors (Lipinski definition) is 2. The van der Waals surface area contributed by atoms with Crippen molar-refractivity contribution in [1.29, 1.82) is 0 Å². The van der Waals surface area contributed by atoms with Crippen molar-refractivity contribution in [2.24, 2.45) is 7.05 Å². The van der Waals surface area contributed by atoms with Gasteiger partial charge in [0.2, 0.25) is 0 Å². The highest BCUT2D eigenvalue weighted by Crippen LogP contribution is 2.19. The van der Waals surface area contributed by atoms with Crippen LogP contribution >= 0.6 is 15.9 Å². The molecule has 2 aromatic heterocycles. The minimum atomic E-state index is -0.295. The second-order valence-corrected chi connectivity index (χ2v) is 4.82. The fourth-order valence-electron chi connectivity index (χ4n) is 1.77. The van der Waals surface area contributed by atoms with Crippen molar-refractivity contribution in [2.45, 2.75) is 13.3 Å². The van der Waals surface area contributed by atoms with Crippen molar-refractivity contribution in [3.8, 4) is 0 Å². The molecular formula is C12H14BrN5O. The Labute approximate surface area is 119 Å². The van der Waals surface area contributed by atoms with Gasteiger partial charge in [0.15, 0.2) is 0 Å². The standard InChI is InChI=1S/C12H14BrN5O/c1-3-8-10(14)11(18(2)17-8)12(19)16-7-4-5-9(13)15-6-7/h4-6H,3,14H2,1-2H3,(H,16,19). The fourth-order valence-corrected chi connectivity index (χ4v) is 2.00. The highest BCUT2D eigenvalue weighted by atomic mass is 79.9. The molecule has 0 spiro atoms. The van der Waals surface area contributed by atoms with Gasteiger partial charge in [-0.3, -0.25) is 9.48 Å². The van der Waals surface area contributed by atoms with E-state index in [-0.39, 0.29) is 5.91 Å². The average Bonchev–Trinajstić information content (AvgIpc) is 2.67. The first-order valence-corrected chi connectivity index (χ1v) is 6.56. The molecular weight excluding hydrogens is 310 g/mol. The van der Waals surface area contributed by atoms with Crippen LogP contribution in [0.15, 0.2) is 22.9 Å². The Morgan fingerprint density at radius 3 is 2.79 bits per heavy atom. The number of nitrogens with two attached hydrogens (primary N) is 1. The van der Waals surface area contributed by atoms with E-state index in [2.05, 4.69) is 31.3 Å². The minimum Gasteiger partial charge on any atom is -0.395 e. The van der Waals surface area contributed by atoms with Crippen LogP contribution in [0, 0.1) is 0 Å². The summed E-state index contributed by atoms with van der Waals surface area (Å²) in [4.78, 5) is 16.2. The number of rotatable bonds is 3. The van der Waals surface area contributed by atoms with E-state index in [1.165, 1.54) is 4.68 Å². The summed E-state index contributed by atoms with van der Waals surface area (Å²) in [6, 6.07) is 3.50. The molecule has 0 aromatic carbocycles. The summed E-state index contributed by atoms with van der Waals surface area (Å²) in [6.07, 6.45) is 2.25. The molecule has 1 amide bonds. The van der Waals surface area contributed by atoms with Gasteiger partial charge in [0, 0.05) is 7.05 Å². The summed E-state index contributed by atoms with van der Waals surface area (Å²) >= 11 is 3.23. The topological polar surface area (TPSA) is 85.8 Å². The zero-order valence-corrected chi connectivity index (χ0v) is 12.2. The highest BCUT2D eigenvalue weighted by molar-refractivity contribution is 9.10. The maximum absolute atomic E-state index is 12.2. The van der Waals surface area contributed by atoms with E-state index in [0.29, 0.717) is 28.1 Å². The van der Waals surface area contributed by atoms with Gasteiger partial charge in [0.05, 0.1) is 23.3 Å². The van der Waals surface area contributed by atoms with Crippen molar-refractivity contribution in [1.82, 2.24) is 14.8 Å². The van der Waals surface area contributed by atoms with Crippen LogP contribution in [0.4, 0.5) is 11.4 Å². The number of nitrogens with one attached hydrogen (secondary N) is 1. The van der Waals surface area contributed by atoms with Gasteiger partial charge < -0.3 is 11.1 Å². The summed E-state index contributed by atoms with van der Waals surface area (Å²) in [5, 5.41) is 6.95. The van der Waals surface area contributed by atoms with E-state index in [4.69, 9.17) is 5.73 Å². The van der Waals surface area contributed by atoms with Crippen LogP contribution in [0.25, 0.3) is 0 Å². The molecule has 0 saturated heterocycles. The first-order valence-electron chi connectivity index (χ1n) is 5.77. The van der Waals surface area contributed by atoms with Crippen LogP contribution in [-0.4, -0.2) is 20.7 Å².